The summed E-state index contributed by atoms with van der Waals surface area (Å²) in [5, 5.41) is 3.05. The van der Waals surface area contributed by atoms with Crippen LogP contribution in [0.15, 0.2) is 36.7 Å². The van der Waals surface area contributed by atoms with Gasteiger partial charge in [0, 0.05) is 29.3 Å². The number of aryl methyl sites for hydroxylation is 1. The van der Waals surface area contributed by atoms with Crippen molar-refractivity contribution < 1.29 is 8.78 Å². The number of hydrogen-bond acceptors (Lipinski definition) is 7. The van der Waals surface area contributed by atoms with E-state index in [1.165, 1.54) is 6.07 Å². The second-order valence-corrected chi connectivity index (χ2v) is 10.8. The highest BCUT2D eigenvalue weighted by molar-refractivity contribution is 5.83. The normalized spacial score (nSPS) is 16.6. The molecule has 39 heavy (non-hydrogen) atoms. The van der Waals surface area contributed by atoms with Gasteiger partial charge in [0.25, 0.3) is 0 Å². The molecule has 4 heterocycles. The number of nitrogens with two attached hydrogens (primary N) is 1. The average molecular weight is 535 g/mol. The van der Waals surface area contributed by atoms with Crippen LogP contribution in [0.5, 0.6) is 0 Å². The number of rotatable bonds is 7. The molecule has 0 amide bonds. The van der Waals surface area contributed by atoms with E-state index in [-0.39, 0.29) is 34.7 Å². The molecule has 1 aliphatic heterocycles. The number of nitrogens with zero attached hydrogens (tertiary/aromatic N) is 6. The van der Waals surface area contributed by atoms with Crippen molar-refractivity contribution >= 4 is 22.8 Å². The Kier molecular flexibility index (Phi) is 7.35. The van der Waals surface area contributed by atoms with Crippen molar-refractivity contribution in [3.8, 4) is 11.3 Å². The summed E-state index contributed by atoms with van der Waals surface area (Å²) in [6.45, 7) is 13.2. The van der Waals surface area contributed by atoms with Gasteiger partial charge in [-0.3, -0.25) is 0 Å². The Bertz CT molecular complexity index is 1470. The molecule has 1 atom stereocenters. The summed E-state index contributed by atoms with van der Waals surface area (Å²) >= 11 is 0. The molecule has 1 aromatic carbocycles. The molecule has 4 aromatic rings. The number of pyridine rings is 1. The van der Waals surface area contributed by atoms with E-state index >= 15 is 0 Å². The standard InChI is InChI=1S/C29H36F2N8/c1-6-38-11-9-29(32,10-12-38)18(4)20-7-8-25(33-15-20)36-28-34-16-23(31)26(37-28)21-13-22(30)27-24(14-21)39(17(2)3)19(5)35-27/h7-8,13-18H,6,9-12,32H2,1-5H3,(H,33,34,36,37)/t18-/m1/s1. The molecule has 1 fully saturated rings. The number of piperidine rings is 1. The van der Waals surface area contributed by atoms with Crippen molar-refractivity contribution in [3.05, 3.63) is 59.7 Å². The molecule has 0 radical (unpaired) electrons. The Morgan fingerprint density at radius 2 is 1.77 bits per heavy atom. The van der Waals surface area contributed by atoms with Crippen LogP contribution in [0.3, 0.4) is 0 Å². The maximum absolute atomic E-state index is 15.0. The number of hydrogen-bond donors (Lipinski definition) is 2. The lowest BCUT2D eigenvalue weighted by atomic mass is 9.75. The fourth-order valence-electron chi connectivity index (χ4n) is 5.59. The van der Waals surface area contributed by atoms with Crippen molar-refractivity contribution in [2.45, 2.75) is 65.0 Å². The van der Waals surface area contributed by atoms with Gasteiger partial charge < -0.3 is 20.5 Å². The van der Waals surface area contributed by atoms with E-state index in [9.17, 15) is 8.78 Å². The van der Waals surface area contributed by atoms with Crippen LogP contribution in [-0.2, 0) is 0 Å². The quantitative estimate of drug-likeness (QED) is 0.313. The van der Waals surface area contributed by atoms with Gasteiger partial charge in [0.05, 0.1) is 11.7 Å². The Morgan fingerprint density at radius 3 is 2.41 bits per heavy atom. The molecular formula is C29H36F2N8. The third-order valence-electron chi connectivity index (χ3n) is 8.08. The van der Waals surface area contributed by atoms with E-state index in [1.54, 1.807) is 6.07 Å². The molecular weight excluding hydrogens is 498 g/mol. The monoisotopic (exact) mass is 534 g/mol. The zero-order chi connectivity index (χ0) is 27.9. The first-order chi connectivity index (χ1) is 18.6. The zero-order valence-electron chi connectivity index (χ0n) is 23.2. The smallest absolute Gasteiger partial charge is 0.229 e. The van der Waals surface area contributed by atoms with Gasteiger partial charge in [0.2, 0.25) is 5.95 Å². The first-order valence-corrected chi connectivity index (χ1v) is 13.5. The van der Waals surface area contributed by atoms with Gasteiger partial charge in [-0.2, -0.15) is 0 Å². The number of benzene rings is 1. The topological polar surface area (TPSA) is 97.8 Å². The Labute approximate surface area is 227 Å². The van der Waals surface area contributed by atoms with Crippen molar-refractivity contribution in [1.29, 1.82) is 0 Å². The van der Waals surface area contributed by atoms with Crippen molar-refractivity contribution in [2.75, 3.05) is 25.0 Å². The number of likely N-dealkylation sites (tertiary alicyclic amines) is 1. The van der Waals surface area contributed by atoms with Gasteiger partial charge in [-0.15, -0.1) is 0 Å². The molecule has 5 rings (SSSR count). The Balaban J connectivity index is 1.38. The largest absolute Gasteiger partial charge is 0.326 e. The fraction of sp³-hybridized carbons (Fsp3) is 0.448. The third kappa shape index (κ3) is 5.23. The number of imidazole rings is 1. The second kappa shape index (κ2) is 10.6. The molecule has 0 aliphatic carbocycles. The maximum Gasteiger partial charge on any atom is 0.229 e. The SMILES string of the molecule is CCN1CCC(N)([C@H](C)c2ccc(Nc3ncc(F)c(-c4cc(F)c5nc(C)n(C(C)C)c5c4)n3)nc2)CC1. The van der Waals surface area contributed by atoms with Crippen LogP contribution in [-0.4, -0.2) is 54.6 Å². The van der Waals surface area contributed by atoms with Crippen molar-refractivity contribution in [1.82, 2.24) is 29.4 Å². The molecule has 0 saturated carbocycles. The lowest BCUT2D eigenvalue weighted by Gasteiger charge is -2.43. The lowest BCUT2D eigenvalue weighted by molar-refractivity contribution is 0.152. The van der Waals surface area contributed by atoms with E-state index in [0.717, 1.165) is 44.2 Å². The number of aromatic nitrogens is 5. The fourth-order valence-corrected chi connectivity index (χ4v) is 5.59. The summed E-state index contributed by atoms with van der Waals surface area (Å²) < 4.78 is 31.8. The molecule has 1 saturated heterocycles. The molecule has 206 valence electrons. The molecule has 8 nitrogen and oxygen atoms in total. The van der Waals surface area contributed by atoms with Crippen LogP contribution in [0.25, 0.3) is 22.3 Å². The van der Waals surface area contributed by atoms with Gasteiger partial charge in [-0.05, 0) is 77.0 Å². The minimum Gasteiger partial charge on any atom is -0.326 e. The molecule has 0 unspecified atom stereocenters. The van der Waals surface area contributed by atoms with Crippen LogP contribution in [0.4, 0.5) is 20.5 Å². The predicted octanol–water partition coefficient (Wildman–Crippen LogP) is 5.72. The number of anilines is 2. The molecule has 0 bridgehead atoms. The highest BCUT2D eigenvalue weighted by Crippen LogP contribution is 2.35. The van der Waals surface area contributed by atoms with Gasteiger partial charge in [0.15, 0.2) is 11.6 Å². The third-order valence-corrected chi connectivity index (χ3v) is 8.08. The highest BCUT2D eigenvalue weighted by atomic mass is 19.1. The van der Waals surface area contributed by atoms with Crippen LogP contribution in [0, 0.1) is 18.6 Å². The van der Waals surface area contributed by atoms with Gasteiger partial charge in [-0.25, -0.2) is 28.7 Å². The molecule has 0 spiro atoms. The van der Waals surface area contributed by atoms with Crippen LogP contribution in [0.1, 0.15) is 63.9 Å². The van der Waals surface area contributed by atoms with E-state index in [2.05, 4.69) is 44.0 Å². The lowest BCUT2D eigenvalue weighted by Crippen LogP contribution is -2.53. The van der Waals surface area contributed by atoms with Crippen LogP contribution in [0.2, 0.25) is 0 Å². The number of fused-ring (bicyclic) bond motifs is 1. The Hall–Kier alpha value is -3.50. The predicted molar refractivity (Wildman–Crippen MR) is 150 cm³/mol. The Morgan fingerprint density at radius 1 is 1.03 bits per heavy atom. The van der Waals surface area contributed by atoms with E-state index in [1.807, 2.05) is 43.7 Å². The summed E-state index contributed by atoms with van der Waals surface area (Å²) in [5.74, 6) is 0.353. The number of halogens is 2. The first kappa shape index (κ1) is 27.1. The van der Waals surface area contributed by atoms with Crippen LogP contribution >= 0.6 is 0 Å². The van der Waals surface area contributed by atoms with Crippen LogP contribution < -0.4 is 11.1 Å². The van der Waals surface area contributed by atoms with E-state index < -0.39 is 11.6 Å². The zero-order valence-corrected chi connectivity index (χ0v) is 23.2. The minimum atomic E-state index is -0.647. The summed E-state index contributed by atoms with van der Waals surface area (Å²) in [6.07, 6.45) is 4.78. The first-order valence-electron chi connectivity index (χ1n) is 13.5. The van der Waals surface area contributed by atoms with Gasteiger partial charge in [0.1, 0.15) is 22.9 Å². The van der Waals surface area contributed by atoms with Crippen molar-refractivity contribution in [3.63, 3.8) is 0 Å². The van der Waals surface area contributed by atoms with Crippen molar-refractivity contribution in [2.24, 2.45) is 5.73 Å². The molecule has 3 N–H and O–H groups in total. The highest BCUT2D eigenvalue weighted by Gasteiger charge is 2.36. The molecule has 3 aromatic heterocycles. The average Bonchev–Trinajstić information content (AvgIpc) is 3.27. The summed E-state index contributed by atoms with van der Waals surface area (Å²) in [6, 6.07) is 6.89. The summed E-state index contributed by atoms with van der Waals surface area (Å²) in [7, 11) is 0. The van der Waals surface area contributed by atoms with E-state index in [0.29, 0.717) is 22.7 Å². The summed E-state index contributed by atoms with van der Waals surface area (Å²) in [4.78, 5) is 19.8. The maximum atomic E-state index is 15.0. The number of nitrogens with one attached hydrogen (secondary N) is 1. The second-order valence-electron chi connectivity index (χ2n) is 10.8. The molecule has 1 aliphatic rings. The van der Waals surface area contributed by atoms with Gasteiger partial charge in [-0.1, -0.05) is 19.9 Å². The summed E-state index contributed by atoms with van der Waals surface area (Å²) in [5.41, 5.74) is 8.77. The van der Waals surface area contributed by atoms with Gasteiger partial charge >= 0.3 is 0 Å². The molecule has 10 heteroatoms. The minimum absolute atomic E-state index is 0.00352. The van der Waals surface area contributed by atoms with E-state index in [4.69, 9.17) is 5.73 Å².